The predicted molar refractivity (Wildman–Crippen MR) is 133 cm³/mol. The predicted octanol–water partition coefficient (Wildman–Crippen LogP) is 5.23. The van der Waals surface area contributed by atoms with E-state index >= 15 is 0 Å². The molecule has 1 aromatic heterocycles. The van der Waals surface area contributed by atoms with Crippen LogP contribution in [-0.2, 0) is 13.0 Å². The van der Waals surface area contributed by atoms with Crippen LogP contribution in [0.2, 0.25) is 0 Å². The fraction of sp³-hybridized carbons (Fsp3) is 0.172. The number of carbonyl (C=O) groups is 1. The van der Waals surface area contributed by atoms with E-state index in [-0.39, 0.29) is 12.6 Å². The molecule has 0 saturated carbocycles. The summed E-state index contributed by atoms with van der Waals surface area (Å²) in [5.41, 5.74) is 5.36. The van der Waals surface area contributed by atoms with Crippen LogP contribution in [0.3, 0.4) is 0 Å². The van der Waals surface area contributed by atoms with Gasteiger partial charge in [0.15, 0.2) is 23.0 Å². The van der Waals surface area contributed by atoms with Crippen molar-refractivity contribution in [1.82, 2.24) is 4.57 Å². The van der Waals surface area contributed by atoms with E-state index in [0.717, 1.165) is 16.7 Å². The van der Waals surface area contributed by atoms with Gasteiger partial charge in [-0.05, 0) is 41.8 Å². The molecule has 0 N–H and O–H groups in total. The molecular weight excluding hydrogens is 456 g/mol. The van der Waals surface area contributed by atoms with Crippen LogP contribution in [0.1, 0.15) is 27.2 Å². The van der Waals surface area contributed by atoms with Gasteiger partial charge in [0.2, 0.25) is 12.6 Å². The van der Waals surface area contributed by atoms with Crippen LogP contribution < -0.4 is 18.9 Å². The van der Waals surface area contributed by atoms with Crippen molar-refractivity contribution < 1.29 is 23.7 Å². The lowest BCUT2D eigenvalue weighted by Crippen LogP contribution is -2.17. The summed E-state index contributed by atoms with van der Waals surface area (Å²) in [4.78, 5) is 14.0. The van der Waals surface area contributed by atoms with Gasteiger partial charge in [-0.15, -0.1) is 0 Å². The summed E-state index contributed by atoms with van der Waals surface area (Å²) >= 11 is 0. The first kappa shape index (κ1) is 21.8. The molecule has 2 aliphatic rings. The number of hydrogen-bond donors (Lipinski definition) is 0. The highest BCUT2D eigenvalue weighted by molar-refractivity contribution is 6.14. The number of aromatic nitrogens is 1. The van der Waals surface area contributed by atoms with E-state index in [1.54, 1.807) is 26.4 Å². The van der Waals surface area contributed by atoms with Crippen LogP contribution >= 0.6 is 0 Å². The third kappa shape index (κ3) is 3.23. The summed E-state index contributed by atoms with van der Waals surface area (Å²) in [6.07, 6.45) is 0.678. The second kappa shape index (κ2) is 8.51. The average molecular weight is 479 g/mol. The minimum Gasteiger partial charge on any atom is -0.493 e. The second-order valence-electron chi connectivity index (χ2n) is 8.59. The van der Waals surface area contributed by atoms with Crippen molar-refractivity contribution in [2.45, 2.75) is 13.0 Å². The molecule has 0 spiro atoms. The molecule has 3 heterocycles. The number of fused-ring (bicyclic) bond motifs is 4. The van der Waals surface area contributed by atoms with Gasteiger partial charge in [0.05, 0.1) is 31.2 Å². The zero-order valence-electron chi connectivity index (χ0n) is 19.8. The van der Waals surface area contributed by atoms with Crippen LogP contribution in [0, 0.1) is 11.3 Å². The quantitative estimate of drug-likeness (QED) is 0.366. The van der Waals surface area contributed by atoms with E-state index < -0.39 is 0 Å². The summed E-state index contributed by atoms with van der Waals surface area (Å²) in [6, 6.07) is 20.9. The van der Waals surface area contributed by atoms with Crippen molar-refractivity contribution in [3.05, 3.63) is 83.0 Å². The van der Waals surface area contributed by atoms with E-state index in [2.05, 4.69) is 6.07 Å². The van der Waals surface area contributed by atoms with Gasteiger partial charge in [0.25, 0.3) is 0 Å². The Kier molecular flexibility index (Phi) is 5.15. The van der Waals surface area contributed by atoms with Gasteiger partial charge in [-0.25, -0.2) is 0 Å². The maximum atomic E-state index is 14.0. The van der Waals surface area contributed by atoms with Crippen LogP contribution in [0.4, 0.5) is 0 Å². The van der Waals surface area contributed by atoms with Gasteiger partial charge in [-0.2, -0.15) is 5.26 Å². The fourth-order valence-corrected chi connectivity index (χ4v) is 5.11. The van der Waals surface area contributed by atoms with Gasteiger partial charge >= 0.3 is 0 Å². The minimum atomic E-state index is -0.144. The molecule has 0 fully saturated rings. The van der Waals surface area contributed by atoms with Gasteiger partial charge in [-0.1, -0.05) is 36.4 Å². The Hall–Kier alpha value is -4.70. The second-order valence-corrected chi connectivity index (χ2v) is 8.59. The van der Waals surface area contributed by atoms with Crippen LogP contribution in [0.5, 0.6) is 23.0 Å². The molecule has 6 rings (SSSR count). The van der Waals surface area contributed by atoms with Gasteiger partial charge in [0, 0.05) is 23.2 Å². The first-order chi connectivity index (χ1) is 17.6. The van der Waals surface area contributed by atoms with Crippen LogP contribution in [0.25, 0.3) is 22.4 Å². The zero-order chi connectivity index (χ0) is 24.8. The van der Waals surface area contributed by atoms with E-state index in [1.165, 1.54) is 0 Å². The van der Waals surface area contributed by atoms with Crippen molar-refractivity contribution >= 4 is 5.78 Å². The van der Waals surface area contributed by atoms with E-state index in [4.69, 9.17) is 18.9 Å². The highest BCUT2D eigenvalue weighted by Crippen LogP contribution is 2.47. The van der Waals surface area contributed by atoms with Crippen molar-refractivity contribution in [1.29, 1.82) is 5.26 Å². The Labute approximate surface area is 208 Å². The van der Waals surface area contributed by atoms with Crippen molar-refractivity contribution in [3.8, 4) is 51.5 Å². The topological polar surface area (TPSA) is 82.7 Å². The summed E-state index contributed by atoms with van der Waals surface area (Å²) in [5.74, 6) is 2.28. The summed E-state index contributed by atoms with van der Waals surface area (Å²) < 4.78 is 24.1. The molecule has 178 valence electrons. The molecule has 0 unspecified atom stereocenters. The lowest BCUT2D eigenvalue weighted by molar-refractivity contribution is 0.103. The van der Waals surface area contributed by atoms with Crippen LogP contribution in [0.15, 0.2) is 60.7 Å². The maximum Gasteiger partial charge on any atom is 0.231 e. The fourth-order valence-electron chi connectivity index (χ4n) is 5.11. The standard InChI is InChI=1S/C29H22N2O5/c1-33-23-12-18-10-11-31-27(20(18)14-24(23)34-2)21(15-30)26(19-8-9-22-25(13-19)36-16-35-22)28(31)29(32)17-6-4-3-5-7-17/h3-9,12-14H,10-11,16H2,1-2H3. The molecule has 0 atom stereocenters. The number of hydrogen-bond acceptors (Lipinski definition) is 6. The molecule has 36 heavy (non-hydrogen) atoms. The highest BCUT2D eigenvalue weighted by Gasteiger charge is 2.33. The Balaban J connectivity index is 1.67. The third-order valence-electron chi connectivity index (χ3n) is 6.76. The zero-order valence-corrected chi connectivity index (χ0v) is 19.8. The van der Waals surface area contributed by atoms with E-state index in [1.807, 2.05) is 53.1 Å². The largest absolute Gasteiger partial charge is 0.493 e. The summed E-state index contributed by atoms with van der Waals surface area (Å²) in [5, 5.41) is 10.5. The molecule has 7 nitrogen and oxygen atoms in total. The molecule has 3 aromatic carbocycles. The van der Waals surface area contributed by atoms with Gasteiger partial charge in [0.1, 0.15) is 6.07 Å². The van der Waals surface area contributed by atoms with Crippen molar-refractivity contribution in [2.24, 2.45) is 0 Å². The Bertz CT molecular complexity index is 1560. The molecular formula is C29H22N2O5. The Morgan fingerprint density at radius 3 is 2.47 bits per heavy atom. The maximum absolute atomic E-state index is 14.0. The molecule has 0 saturated heterocycles. The van der Waals surface area contributed by atoms with Gasteiger partial charge < -0.3 is 23.5 Å². The van der Waals surface area contributed by atoms with Crippen LogP contribution in [-0.4, -0.2) is 31.4 Å². The molecule has 0 aliphatic carbocycles. The minimum absolute atomic E-state index is 0.140. The van der Waals surface area contributed by atoms with Gasteiger partial charge in [-0.3, -0.25) is 4.79 Å². The number of ketones is 1. The molecule has 7 heteroatoms. The molecule has 2 aliphatic heterocycles. The lowest BCUT2D eigenvalue weighted by atomic mass is 9.93. The molecule has 0 bridgehead atoms. The van der Waals surface area contributed by atoms with Crippen molar-refractivity contribution in [3.63, 3.8) is 0 Å². The normalized spacial score (nSPS) is 12.9. The SMILES string of the molecule is COc1cc2c(cc1OC)-c1c(C#N)c(-c3ccc4c(c3)OCO4)c(C(=O)c3ccccc3)n1CC2. The average Bonchev–Trinajstić information content (AvgIpc) is 3.54. The first-order valence-corrected chi connectivity index (χ1v) is 11.6. The third-order valence-corrected chi connectivity index (χ3v) is 6.76. The number of carbonyl (C=O) groups excluding carboxylic acids is 1. The molecule has 4 aromatic rings. The smallest absolute Gasteiger partial charge is 0.231 e. The first-order valence-electron chi connectivity index (χ1n) is 11.6. The molecule has 0 radical (unpaired) electrons. The van der Waals surface area contributed by atoms with Crippen molar-refractivity contribution in [2.75, 3.05) is 21.0 Å². The molecule has 0 amide bonds. The monoisotopic (exact) mass is 478 g/mol. The van der Waals surface area contributed by atoms with E-state index in [9.17, 15) is 10.1 Å². The van der Waals surface area contributed by atoms with E-state index in [0.29, 0.717) is 64.0 Å². The highest BCUT2D eigenvalue weighted by atomic mass is 16.7. The lowest BCUT2D eigenvalue weighted by Gasteiger charge is -2.23. The number of rotatable bonds is 5. The number of nitrogens with zero attached hydrogens (tertiary/aromatic N) is 2. The summed E-state index contributed by atoms with van der Waals surface area (Å²) in [7, 11) is 3.19. The number of aryl methyl sites for hydroxylation is 1. The summed E-state index contributed by atoms with van der Waals surface area (Å²) in [6.45, 7) is 0.686. The Morgan fingerprint density at radius 1 is 0.972 bits per heavy atom. The Morgan fingerprint density at radius 2 is 1.72 bits per heavy atom. The number of ether oxygens (including phenoxy) is 4. The number of benzene rings is 3. The number of methoxy groups -OCH3 is 2. The number of nitriles is 1.